The van der Waals surface area contributed by atoms with Gasteiger partial charge in [-0.15, -0.1) is 0 Å². The lowest BCUT2D eigenvalue weighted by molar-refractivity contribution is 0.254. The van der Waals surface area contributed by atoms with E-state index >= 15 is 0 Å². The number of para-hydroxylation sites is 1. The van der Waals surface area contributed by atoms with Crippen LogP contribution in [0.15, 0.2) is 65.8 Å². The first-order chi connectivity index (χ1) is 21.1. The Morgan fingerprint density at radius 2 is 1.59 bits per heavy atom. The van der Waals surface area contributed by atoms with E-state index in [1.54, 1.807) is 24.3 Å². The molecule has 1 unspecified atom stereocenters. The van der Waals surface area contributed by atoms with Crippen molar-refractivity contribution in [2.45, 2.75) is 23.8 Å². The molecular formula is C29H24F4N6O4S. The van der Waals surface area contributed by atoms with Crippen molar-refractivity contribution in [1.29, 1.82) is 0 Å². The van der Waals surface area contributed by atoms with E-state index in [9.17, 15) is 26.0 Å². The summed E-state index contributed by atoms with van der Waals surface area (Å²) in [6.45, 7) is -0.371. The van der Waals surface area contributed by atoms with Gasteiger partial charge in [0.05, 0.1) is 18.5 Å². The molecule has 5 aromatic rings. The fraction of sp³-hybridized carbons (Fsp3) is 0.207. The monoisotopic (exact) mass is 628 g/mol. The molecule has 3 aromatic carbocycles. The highest BCUT2D eigenvalue weighted by molar-refractivity contribution is 7.89. The molecule has 2 aromatic heterocycles. The van der Waals surface area contributed by atoms with Gasteiger partial charge in [0.1, 0.15) is 29.3 Å². The molecule has 1 aliphatic heterocycles. The molecule has 10 nitrogen and oxygen atoms in total. The van der Waals surface area contributed by atoms with Crippen LogP contribution >= 0.6 is 0 Å². The summed E-state index contributed by atoms with van der Waals surface area (Å²) in [5.41, 5.74) is 7.64. The number of hydrogen-bond donors (Lipinski definition) is 1. The van der Waals surface area contributed by atoms with Crippen molar-refractivity contribution in [2.24, 2.45) is 0 Å². The Morgan fingerprint density at radius 3 is 2.30 bits per heavy atom. The molecule has 6 rings (SSSR count). The highest BCUT2D eigenvalue weighted by Crippen LogP contribution is 2.39. The van der Waals surface area contributed by atoms with Crippen molar-refractivity contribution in [2.75, 3.05) is 25.9 Å². The van der Waals surface area contributed by atoms with Crippen LogP contribution in [0.25, 0.3) is 22.3 Å². The van der Waals surface area contributed by atoms with Crippen molar-refractivity contribution < 1.29 is 35.5 Å². The molecule has 15 heteroatoms. The molecule has 0 saturated carbocycles. The molecule has 0 spiro atoms. The average molecular weight is 629 g/mol. The Hall–Kier alpha value is -4.76. The van der Waals surface area contributed by atoms with Crippen LogP contribution in [0.2, 0.25) is 0 Å². The summed E-state index contributed by atoms with van der Waals surface area (Å²) in [6, 6.07) is 15.7. The summed E-state index contributed by atoms with van der Waals surface area (Å²) >= 11 is 0. The predicted molar refractivity (Wildman–Crippen MR) is 152 cm³/mol. The van der Waals surface area contributed by atoms with Gasteiger partial charge in [-0.05, 0) is 49.2 Å². The van der Waals surface area contributed by atoms with Gasteiger partial charge in [-0.2, -0.15) is 13.8 Å². The molecule has 228 valence electrons. The van der Waals surface area contributed by atoms with Crippen molar-refractivity contribution in [3.63, 3.8) is 0 Å². The molecule has 3 heterocycles. The molecular weight excluding hydrogens is 604 g/mol. The molecule has 0 radical (unpaired) electrons. The number of ether oxygens (including phenoxy) is 2. The maximum atomic E-state index is 14.8. The van der Waals surface area contributed by atoms with Crippen molar-refractivity contribution in [3.8, 4) is 28.5 Å². The van der Waals surface area contributed by atoms with Gasteiger partial charge in [-0.3, -0.25) is 0 Å². The Labute approximate surface area is 248 Å². The standard InChI is InChI=1S/C29H24F4N6O4S/c1-42-26-23(32)21(30)22(31)24(33)27(26)44(40,41)38-13-5-6-17(14-38)39-29-20(28(34)35-15-36-29)25(37-39)16-9-11-19(12-10-16)43-18-7-3-2-4-8-18/h2-4,7-12,15,17H,5-6,13-14H2,1H3,(H2,34,35,36). The summed E-state index contributed by atoms with van der Waals surface area (Å²) in [5.74, 6) is -8.33. The van der Waals surface area contributed by atoms with Gasteiger partial charge in [0.25, 0.3) is 0 Å². The maximum Gasteiger partial charge on any atom is 0.250 e. The van der Waals surface area contributed by atoms with Gasteiger partial charge >= 0.3 is 0 Å². The lowest BCUT2D eigenvalue weighted by Gasteiger charge is -2.32. The van der Waals surface area contributed by atoms with E-state index in [2.05, 4.69) is 14.7 Å². The zero-order valence-electron chi connectivity index (χ0n) is 23.0. The SMILES string of the molecule is COc1c(F)c(F)c(F)c(F)c1S(=O)(=O)N1CCCC(n2nc(-c3ccc(Oc4ccccc4)cc3)c3c(N)ncnc32)C1. The average Bonchev–Trinajstić information content (AvgIpc) is 3.43. The zero-order chi connectivity index (χ0) is 31.2. The van der Waals surface area contributed by atoms with E-state index in [-0.39, 0.29) is 25.3 Å². The molecule has 0 aliphatic carbocycles. The van der Waals surface area contributed by atoms with E-state index in [0.29, 0.717) is 40.2 Å². The zero-order valence-corrected chi connectivity index (χ0v) is 23.9. The first-order valence-corrected chi connectivity index (χ1v) is 14.8. The third-order valence-electron chi connectivity index (χ3n) is 7.31. The van der Waals surface area contributed by atoms with Crippen LogP contribution in [0, 0.1) is 23.3 Å². The largest absolute Gasteiger partial charge is 0.492 e. The number of aromatic nitrogens is 4. The minimum absolute atomic E-state index is 0.103. The number of fused-ring (bicyclic) bond motifs is 1. The van der Waals surface area contributed by atoms with Gasteiger partial charge in [0, 0.05) is 18.7 Å². The lowest BCUT2D eigenvalue weighted by Crippen LogP contribution is -2.41. The molecule has 1 fully saturated rings. The van der Waals surface area contributed by atoms with Gasteiger partial charge in [-0.1, -0.05) is 18.2 Å². The molecule has 44 heavy (non-hydrogen) atoms. The summed E-state index contributed by atoms with van der Waals surface area (Å²) < 4.78 is 97.2. The summed E-state index contributed by atoms with van der Waals surface area (Å²) in [7, 11) is -4.07. The van der Waals surface area contributed by atoms with E-state index in [1.807, 2.05) is 30.3 Å². The molecule has 0 bridgehead atoms. The second-order valence-corrected chi connectivity index (χ2v) is 11.8. The molecule has 1 atom stereocenters. The lowest BCUT2D eigenvalue weighted by atomic mass is 10.1. The number of methoxy groups -OCH3 is 1. The number of halogens is 4. The third-order valence-corrected chi connectivity index (χ3v) is 9.21. The number of anilines is 1. The fourth-order valence-corrected chi connectivity index (χ4v) is 6.95. The number of rotatable bonds is 7. The van der Waals surface area contributed by atoms with Crippen LogP contribution in [0.1, 0.15) is 18.9 Å². The number of hydrogen-bond acceptors (Lipinski definition) is 8. The van der Waals surface area contributed by atoms with Crippen LogP contribution < -0.4 is 15.2 Å². The van der Waals surface area contributed by atoms with E-state index < -0.39 is 50.0 Å². The van der Waals surface area contributed by atoms with Gasteiger partial charge in [0.15, 0.2) is 27.9 Å². The van der Waals surface area contributed by atoms with Crippen LogP contribution in [0.4, 0.5) is 23.4 Å². The number of benzene rings is 3. The van der Waals surface area contributed by atoms with Crippen LogP contribution in [-0.4, -0.2) is 52.7 Å². The Bertz CT molecular complexity index is 1970. The summed E-state index contributed by atoms with van der Waals surface area (Å²) in [4.78, 5) is 7.03. The number of nitrogen functional groups attached to an aromatic ring is 1. The second-order valence-electron chi connectivity index (χ2n) is 9.97. The number of piperidine rings is 1. The summed E-state index contributed by atoms with van der Waals surface area (Å²) in [6.07, 6.45) is 1.96. The minimum atomic E-state index is -4.90. The first-order valence-electron chi connectivity index (χ1n) is 13.3. The fourth-order valence-electron chi connectivity index (χ4n) is 5.23. The maximum absolute atomic E-state index is 14.8. The number of nitrogens with two attached hydrogens (primary N) is 1. The van der Waals surface area contributed by atoms with Crippen LogP contribution in [-0.2, 0) is 10.0 Å². The van der Waals surface area contributed by atoms with Crippen molar-refractivity contribution in [1.82, 2.24) is 24.1 Å². The van der Waals surface area contributed by atoms with Crippen LogP contribution in [0.3, 0.4) is 0 Å². The highest BCUT2D eigenvalue weighted by Gasteiger charge is 2.40. The molecule has 1 aliphatic rings. The molecule has 2 N–H and O–H groups in total. The minimum Gasteiger partial charge on any atom is -0.492 e. The van der Waals surface area contributed by atoms with E-state index in [4.69, 9.17) is 15.6 Å². The van der Waals surface area contributed by atoms with Gasteiger partial charge in [-0.25, -0.2) is 36.2 Å². The topological polar surface area (TPSA) is 125 Å². The van der Waals surface area contributed by atoms with E-state index in [1.165, 1.54) is 11.0 Å². The number of sulfonamides is 1. The normalized spacial score (nSPS) is 15.9. The predicted octanol–water partition coefficient (Wildman–Crippen LogP) is 5.46. The Morgan fingerprint density at radius 1 is 0.909 bits per heavy atom. The van der Waals surface area contributed by atoms with E-state index in [0.717, 1.165) is 11.4 Å². The first kappa shape index (κ1) is 29.3. The summed E-state index contributed by atoms with van der Waals surface area (Å²) in [5, 5.41) is 5.17. The Balaban J connectivity index is 1.36. The highest BCUT2D eigenvalue weighted by atomic mass is 32.2. The molecule has 1 saturated heterocycles. The second kappa shape index (κ2) is 11.4. The van der Waals surface area contributed by atoms with Crippen molar-refractivity contribution in [3.05, 3.63) is 84.2 Å². The van der Waals surface area contributed by atoms with Crippen LogP contribution in [0.5, 0.6) is 17.2 Å². The number of nitrogens with zero attached hydrogens (tertiary/aromatic N) is 5. The smallest absolute Gasteiger partial charge is 0.250 e. The van der Waals surface area contributed by atoms with Crippen molar-refractivity contribution >= 4 is 26.9 Å². The molecule has 0 amide bonds. The van der Waals surface area contributed by atoms with Gasteiger partial charge in [0.2, 0.25) is 21.7 Å². The quantitative estimate of drug-likeness (QED) is 0.143. The van der Waals surface area contributed by atoms with Gasteiger partial charge < -0.3 is 15.2 Å². The third kappa shape index (κ3) is 4.97. The Kier molecular flexibility index (Phi) is 7.59.